The summed E-state index contributed by atoms with van der Waals surface area (Å²) >= 11 is 12.0. The van der Waals surface area contributed by atoms with Crippen molar-refractivity contribution < 1.29 is 4.79 Å². The average Bonchev–Trinajstić information content (AvgIpc) is 2.93. The fourth-order valence-electron chi connectivity index (χ4n) is 2.26. The number of nitrogens with one attached hydrogen (secondary N) is 2. The van der Waals surface area contributed by atoms with Crippen LogP contribution in [0.2, 0.25) is 10.0 Å². The minimum Gasteiger partial charge on any atom is -0.322 e. The molecule has 0 aliphatic heterocycles. The fourth-order valence-corrected chi connectivity index (χ4v) is 2.75. The monoisotopic (exact) mass is 367 g/mol. The van der Waals surface area contributed by atoms with Gasteiger partial charge in [0.1, 0.15) is 6.54 Å². The van der Waals surface area contributed by atoms with Crippen molar-refractivity contribution in [3.63, 3.8) is 0 Å². The van der Waals surface area contributed by atoms with Crippen LogP contribution < -0.4 is 16.6 Å². The van der Waals surface area contributed by atoms with Crippen molar-refractivity contribution in [1.82, 2.24) is 19.1 Å². The molecule has 3 aromatic rings. The van der Waals surface area contributed by atoms with Crippen molar-refractivity contribution in [2.45, 2.75) is 6.54 Å². The van der Waals surface area contributed by atoms with E-state index in [0.717, 1.165) is 0 Å². The molecule has 8 nitrogen and oxygen atoms in total. The van der Waals surface area contributed by atoms with Gasteiger partial charge in [-0.15, -0.1) is 0 Å². The minimum absolute atomic E-state index is 0.123. The van der Waals surface area contributed by atoms with Gasteiger partial charge in [0.05, 0.1) is 22.1 Å². The first kappa shape index (κ1) is 16.3. The first-order valence-electron chi connectivity index (χ1n) is 6.76. The van der Waals surface area contributed by atoms with Gasteiger partial charge >= 0.3 is 5.69 Å². The van der Waals surface area contributed by atoms with Gasteiger partial charge in [-0.05, 0) is 12.1 Å². The Morgan fingerprint density at radius 1 is 1.29 bits per heavy atom. The Morgan fingerprint density at radius 3 is 2.62 bits per heavy atom. The van der Waals surface area contributed by atoms with Crippen LogP contribution in [0, 0.1) is 0 Å². The number of imidazole rings is 1. The maximum Gasteiger partial charge on any atom is 0.329 e. The van der Waals surface area contributed by atoms with E-state index in [1.165, 1.54) is 22.5 Å². The molecule has 1 amide bonds. The molecule has 24 heavy (non-hydrogen) atoms. The molecule has 0 bridgehead atoms. The van der Waals surface area contributed by atoms with Crippen molar-refractivity contribution in [3.8, 4) is 0 Å². The van der Waals surface area contributed by atoms with E-state index >= 15 is 0 Å². The van der Waals surface area contributed by atoms with Gasteiger partial charge in [-0.25, -0.2) is 9.78 Å². The molecule has 2 N–H and O–H groups in total. The molecule has 1 aromatic carbocycles. The number of carbonyl (C=O) groups is 1. The van der Waals surface area contributed by atoms with E-state index in [9.17, 15) is 14.4 Å². The van der Waals surface area contributed by atoms with Gasteiger partial charge in [0.15, 0.2) is 11.2 Å². The van der Waals surface area contributed by atoms with Crippen molar-refractivity contribution in [3.05, 3.63) is 55.4 Å². The van der Waals surface area contributed by atoms with Crippen LogP contribution in [-0.4, -0.2) is 25.0 Å². The van der Waals surface area contributed by atoms with Crippen molar-refractivity contribution in [2.75, 3.05) is 5.32 Å². The summed E-state index contributed by atoms with van der Waals surface area (Å²) in [5.74, 6) is -0.447. The van der Waals surface area contributed by atoms with E-state index in [1.807, 2.05) is 0 Å². The predicted molar refractivity (Wildman–Crippen MR) is 90.7 cm³/mol. The maximum atomic E-state index is 12.2. The number of aryl methyl sites for hydroxylation is 1. The number of nitrogens with zero attached hydrogens (tertiary/aromatic N) is 3. The third-order valence-electron chi connectivity index (χ3n) is 3.42. The summed E-state index contributed by atoms with van der Waals surface area (Å²) in [6.45, 7) is -0.195. The van der Waals surface area contributed by atoms with Gasteiger partial charge in [-0.3, -0.25) is 19.1 Å². The van der Waals surface area contributed by atoms with Crippen molar-refractivity contribution in [1.29, 1.82) is 0 Å². The fraction of sp³-hybridized carbons (Fsp3) is 0.143. The number of benzene rings is 1. The highest BCUT2D eigenvalue weighted by Gasteiger charge is 2.15. The van der Waals surface area contributed by atoms with Gasteiger partial charge in [0.25, 0.3) is 5.56 Å². The van der Waals surface area contributed by atoms with E-state index in [2.05, 4.69) is 15.3 Å². The Labute approximate surface area is 144 Å². The minimum atomic E-state index is -0.617. The average molecular weight is 368 g/mol. The summed E-state index contributed by atoms with van der Waals surface area (Å²) in [4.78, 5) is 41.9. The molecule has 2 aromatic heterocycles. The second kappa shape index (κ2) is 6.14. The van der Waals surface area contributed by atoms with Crippen LogP contribution in [0.5, 0.6) is 0 Å². The Hall–Kier alpha value is -2.58. The summed E-state index contributed by atoms with van der Waals surface area (Å²) < 4.78 is 2.53. The third-order valence-corrected chi connectivity index (χ3v) is 4.05. The molecule has 124 valence electrons. The molecular weight excluding hydrogens is 357 g/mol. The first-order valence-corrected chi connectivity index (χ1v) is 7.52. The number of rotatable bonds is 3. The van der Waals surface area contributed by atoms with Crippen LogP contribution in [0.4, 0.5) is 5.69 Å². The molecule has 0 saturated heterocycles. The Kier molecular flexibility index (Phi) is 4.16. The number of carbonyl (C=O) groups excluding carboxylic acids is 1. The van der Waals surface area contributed by atoms with Gasteiger partial charge in [0, 0.05) is 7.05 Å². The predicted octanol–water partition coefficient (Wildman–Crippen LogP) is 1.37. The number of hydrogen-bond donors (Lipinski definition) is 2. The largest absolute Gasteiger partial charge is 0.329 e. The summed E-state index contributed by atoms with van der Waals surface area (Å²) in [5, 5.41) is 3.19. The quantitative estimate of drug-likeness (QED) is 0.729. The molecule has 0 radical (unpaired) electrons. The highest BCUT2D eigenvalue weighted by Crippen LogP contribution is 2.29. The molecule has 0 spiro atoms. The van der Waals surface area contributed by atoms with Crippen LogP contribution in [-0.2, 0) is 18.4 Å². The molecule has 0 aliphatic rings. The number of amides is 1. The molecule has 3 rings (SSSR count). The molecular formula is C14H11Cl2N5O3. The zero-order valence-corrected chi connectivity index (χ0v) is 13.9. The Bertz CT molecular complexity index is 1050. The van der Waals surface area contributed by atoms with Gasteiger partial charge in [-0.1, -0.05) is 29.3 Å². The van der Waals surface area contributed by atoms with Crippen molar-refractivity contribution in [2.24, 2.45) is 7.05 Å². The van der Waals surface area contributed by atoms with Gasteiger partial charge in [0.2, 0.25) is 5.91 Å². The lowest BCUT2D eigenvalue weighted by molar-refractivity contribution is -0.116. The highest BCUT2D eigenvalue weighted by atomic mass is 35.5. The molecule has 0 atom stereocenters. The van der Waals surface area contributed by atoms with Crippen LogP contribution in [0.25, 0.3) is 11.2 Å². The van der Waals surface area contributed by atoms with Gasteiger partial charge in [-0.2, -0.15) is 0 Å². The molecule has 10 heteroatoms. The summed E-state index contributed by atoms with van der Waals surface area (Å²) in [5.41, 5.74) is -0.597. The molecule has 0 saturated carbocycles. The lowest BCUT2D eigenvalue weighted by Gasteiger charge is -2.09. The number of H-pyrrole nitrogens is 1. The van der Waals surface area contributed by atoms with E-state index in [-0.39, 0.29) is 23.4 Å². The number of aromatic nitrogens is 4. The Balaban J connectivity index is 1.93. The lowest BCUT2D eigenvalue weighted by Crippen LogP contribution is -2.30. The van der Waals surface area contributed by atoms with E-state index in [4.69, 9.17) is 23.2 Å². The van der Waals surface area contributed by atoms with Crippen LogP contribution in [0.3, 0.4) is 0 Å². The summed E-state index contributed by atoms with van der Waals surface area (Å²) in [6, 6.07) is 4.84. The van der Waals surface area contributed by atoms with Crippen molar-refractivity contribution >= 4 is 46.0 Å². The standard InChI is InChI=1S/C14H11Cl2N5O3/c1-20-12-11(13(23)19-14(20)24)21(6-17-12)5-9(22)18-10-7(15)3-2-4-8(10)16/h2-4,6H,5H2,1H3,(H,18,22)(H,19,23,24). The van der Waals surface area contributed by atoms with Gasteiger partial charge < -0.3 is 9.88 Å². The SMILES string of the molecule is Cn1c(=O)[nH]c(=O)c2c1ncn2CC(=O)Nc1c(Cl)cccc1Cl. The third kappa shape index (κ3) is 2.81. The number of hydrogen-bond acceptors (Lipinski definition) is 4. The summed E-state index contributed by atoms with van der Waals surface area (Å²) in [6.07, 6.45) is 1.31. The number of para-hydroxylation sites is 1. The number of aromatic amines is 1. The zero-order chi connectivity index (χ0) is 17.4. The van der Waals surface area contributed by atoms with Crippen LogP contribution in [0.15, 0.2) is 34.1 Å². The maximum absolute atomic E-state index is 12.2. The molecule has 0 aliphatic carbocycles. The molecule has 0 fully saturated rings. The number of halogens is 2. The topological polar surface area (TPSA) is 102 Å². The first-order chi connectivity index (χ1) is 11.4. The molecule has 0 unspecified atom stereocenters. The summed E-state index contributed by atoms with van der Waals surface area (Å²) in [7, 11) is 1.47. The van der Waals surface area contributed by atoms with E-state index < -0.39 is 17.2 Å². The number of fused-ring (bicyclic) bond motifs is 1. The van der Waals surface area contributed by atoms with Crippen LogP contribution >= 0.6 is 23.2 Å². The smallest absolute Gasteiger partial charge is 0.322 e. The highest BCUT2D eigenvalue weighted by molar-refractivity contribution is 6.39. The normalized spacial score (nSPS) is 11.0. The zero-order valence-electron chi connectivity index (χ0n) is 12.3. The second-order valence-corrected chi connectivity index (χ2v) is 5.82. The van der Waals surface area contributed by atoms with E-state index in [0.29, 0.717) is 10.0 Å². The number of anilines is 1. The molecule has 2 heterocycles. The van der Waals surface area contributed by atoms with Crippen LogP contribution in [0.1, 0.15) is 0 Å². The lowest BCUT2D eigenvalue weighted by atomic mass is 10.3. The Morgan fingerprint density at radius 2 is 1.96 bits per heavy atom. The van der Waals surface area contributed by atoms with E-state index in [1.54, 1.807) is 18.2 Å². The second-order valence-electron chi connectivity index (χ2n) is 5.01.